The Labute approximate surface area is 117 Å². The Bertz CT molecular complexity index is 437. The fourth-order valence-electron chi connectivity index (χ4n) is 3.18. The maximum absolute atomic E-state index is 11.2. The van der Waals surface area contributed by atoms with E-state index >= 15 is 0 Å². The third-order valence-electron chi connectivity index (χ3n) is 5.09. The molecule has 0 aromatic heterocycles. The van der Waals surface area contributed by atoms with Gasteiger partial charge in [0.25, 0.3) is 0 Å². The molecule has 18 heavy (non-hydrogen) atoms. The Morgan fingerprint density at radius 3 is 2.11 bits per heavy atom. The molecular formula is C16H24OSe. The number of benzene rings is 1. The van der Waals surface area contributed by atoms with Crippen molar-refractivity contribution in [3.63, 3.8) is 0 Å². The van der Waals surface area contributed by atoms with E-state index in [1.54, 1.807) is 0 Å². The van der Waals surface area contributed by atoms with Gasteiger partial charge < -0.3 is 0 Å². The van der Waals surface area contributed by atoms with E-state index in [0.717, 1.165) is 12.8 Å². The zero-order chi connectivity index (χ0) is 13.6. The van der Waals surface area contributed by atoms with Crippen molar-refractivity contribution in [2.75, 3.05) is 0 Å². The van der Waals surface area contributed by atoms with Crippen molar-refractivity contribution in [2.24, 2.45) is 0 Å². The molecule has 1 fully saturated rings. The van der Waals surface area contributed by atoms with Crippen molar-refractivity contribution in [3.8, 4) is 0 Å². The molecule has 0 spiro atoms. The van der Waals surface area contributed by atoms with Gasteiger partial charge in [0.15, 0.2) is 0 Å². The van der Waals surface area contributed by atoms with Gasteiger partial charge in [0.1, 0.15) is 0 Å². The zero-order valence-corrected chi connectivity index (χ0v) is 13.8. The molecule has 2 rings (SSSR count). The van der Waals surface area contributed by atoms with Crippen molar-refractivity contribution >= 4 is 15.0 Å². The Morgan fingerprint density at radius 1 is 1.17 bits per heavy atom. The van der Waals surface area contributed by atoms with Crippen LogP contribution in [0.1, 0.15) is 44.7 Å². The van der Waals surface area contributed by atoms with Gasteiger partial charge in [0.05, 0.1) is 0 Å². The molecule has 0 amide bonds. The second kappa shape index (κ2) is 4.37. The molecule has 1 aliphatic carbocycles. The predicted molar refractivity (Wildman–Crippen MR) is 78.4 cm³/mol. The van der Waals surface area contributed by atoms with E-state index in [9.17, 15) is 5.11 Å². The topological polar surface area (TPSA) is 20.2 Å². The summed E-state index contributed by atoms with van der Waals surface area (Å²) in [6.07, 6.45) is 2.02. The van der Waals surface area contributed by atoms with Crippen molar-refractivity contribution in [3.05, 3.63) is 35.4 Å². The number of aryl methyl sites for hydroxylation is 1. The van der Waals surface area contributed by atoms with Crippen LogP contribution >= 0.6 is 0 Å². The first-order chi connectivity index (χ1) is 8.27. The second-order valence-electron chi connectivity index (χ2n) is 6.27. The Hall–Kier alpha value is -0.301. The van der Waals surface area contributed by atoms with Gasteiger partial charge in [0, 0.05) is 0 Å². The van der Waals surface area contributed by atoms with E-state index in [0.29, 0.717) is 15.0 Å². The fraction of sp³-hybridized carbons (Fsp3) is 0.625. The Morgan fingerprint density at radius 2 is 1.72 bits per heavy atom. The van der Waals surface area contributed by atoms with Gasteiger partial charge >= 0.3 is 117 Å². The van der Waals surface area contributed by atoms with E-state index in [1.807, 2.05) is 0 Å². The summed E-state index contributed by atoms with van der Waals surface area (Å²) in [5, 5.41) is 11.2. The first kappa shape index (κ1) is 14.1. The summed E-state index contributed by atoms with van der Waals surface area (Å²) in [7, 11) is 0. The molecule has 0 radical (unpaired) electrons. The van der Waals surface area contributed by atoms with E-state index in [2.05, 4.69) is 57.8 Å². The molecule has 2 atom stereocenters. The van der Waals surface area contributed by atoms with Crippen molar-refractivity contribution in [2.45, 2.75) is 61.7 Å². The third kappa shape index (κ3) is 1.78. The summed E-state index contributed by atoms with van der Waals surface area (Å²) < 4.78 is 0.0257. The van der Waals surface area contributed by atoms with Gasteiger partial charge in [-0.25, -0.2) is 0 Å². The molecule has 1 N–H and O–H groups in total. The first-order valence-electron chi connectivity index (χ1n) is 6.61. The quantitative estimate of drug-likeness (QED) is 0.843. The summed E-state index contributed by atoms with van der Waals surface area (Å²) in [5.41, 5.74) is 1.94. The van der Waals surface area contributed by atoms with Crippen LogP contribution < -0.4 is 0 Å². The van der Waals surface area contributed by atoms with Gasteiger partial charge in [-0.15, -0.1) is 0 Å². The molecule has 1 aromatic carbocycles. The molecule has 0 saturated heterocycles. The standard InChI is InChI=1S/C16H24OSe/c1-12-6-8-13(9-7-12)15(4)10-11-16(15,17)14(2,3)18-5/h6-9,17H,10-11H2,1-5H3. The maximum atomic E-state index is 11.2. The summed E-state index contributed by atoms with van der Waals surface area (Å²) in [6.45, 7) is 8.78. The molecule has 1 saturated carbocycles. The monoisotopic (exact) mass is 312 g/mol. The van der Waals surface area contributed by atoms with Crippen LogP contribution in [0.5, 0.6) is 0 Å². The predicted octanol–water partition coefficient (Wildman–Crippen LogP) is 3.73. The van der Waals surface area contributed by atoms with Crippen LogP contribution in [0.15, 0.2) is 24.3 Å². The van der Waals surface area contributed by atoms with E-state index < -0.39 is 5.60 Å². The number of hydrogen-bond acceptors (Lipinski definition) is 1. The molecule has 0 bridgehead atoms. The average molecular weight is 311 g/mol. The summed E-state index contributed by atoms with van der Waals surface area (Å²) >= 11 is 0.439. The summed E-state index contributed by atoms with van der Waals surface area (Å²) in [6, 6.07) is 8.70. The van der Waals surface area contributed by atoms with Crippen LogP contribution in [0.3, 0.4) is 0 Å². The van der Waals surface area contributed by atoms with Crippen LogP contribution in [0.4, 0.5) is 0 Å². The summed E-state index contributed by atoms with van der Waals surface area (Å²) in [4.78, 5) is 0. The molecule has 0 heterocycles. The van der Waals surface area contributed by atoms with E-state index in [-0.39, 0.29) is 9.73 Å². The van der Waals surface area contributed by atoms with Gasteiger partial charge in [-0.1, -0.05) is 0 Å². The number of rotatable bonds is 3. The number of aliphatic hydroxyl groups is 1. The molecule has 0 aliphatic heterocycles. The molecule has 2 unspecified atom stereocenters. The second-order valence-corrected chi connectivity index (χ2v) is 9.27. The fourth-order valence-corrected chi connectivity index (χ4v) is 4.57. The van der Waals surface area contributed by atoms with Crippen LogP contribution in [0, 0.1) is 6.92 Å². The third-order valence-corrected chi connectivity index (χ3v) is 7.94. The van der Waals surface area contributed by atoms with Crippen LogP contribution in [0.2, 0.25) is 10.1 Å². The van der Waals surface area contributed by atoms with Gasteiger partial charge in [-0.05, 0) is 0 Å². The Kier molecular flexibility index (Phi) is 3.42. The van der Waals surface area contributed by atoms with E-state index in [1.165, 1.54) is 11.1 Å². The van der Waals surface area contributed by atoms with Gasteiger partial charge in [-0.2, -0.15) is 0 Å². The molecule has 1 aromatic rings. The van der Waals surface area contributed by atoms with Crippen molar-refractivity contribution in [1.82, 2.24) is 0 Å². The minimum absolute atomic E-state index is 0.0257. The Balaban J connectivity index is 2.40. The van der Waals surface area contributed by atoms with Crippen molar-refractivity contribution < 1.29 is 5.11 Å². The normalized spacial score (nSPS) is 32.1. The van der Waals surface area contributed by atoms with Gasteiger partial charge in [0.2, 0.25) is 0 Å². The van der Waals surface area contributed by atoms with Gasteiger partial charge in [-0.3, -0.25) is 0 Å². The van der Waals surface area contributed by atoms with Crippen LogP contribution in [0.25, 0.3) is 0 Å². The van der Waals surface area contributed by atoms with E-state index in [4.69, 9.17) is 0 Å². The number of hydrogen-bond donors (Lipinski definition) is 1. The summed E-state index contributed by atoms with van der Waals surface area (Å²) in [5.74, 6) is 2.23. The van der Waals surface area contributed by atoms with Crippen LogP contribution in [-0.2, 0) is 5.41 Å². The minimum atomic E-state index is -0.552. The zero-order valence-electron chi connectivity index (χ0n) is 12.1. The molecule has 1 nitrogen and oxygen atoms in total. The van der Waals surface area contributed by atoms with Crippen molar-refractivity contribution in [1.29, 1.82) is 0 Å². The molecule has 100 valence electrons. The SMILES string of the molecule is C[Se]C(C)(C)C1(O)CCC1(C)c1ccc(C)cc1. The first-order valence-corrected chi connectivity index (χ1v) is 9.18. The average Bonchev–Trinajstić information content (AvgIpc) is 2.36. The van der Waals surface area contributed by atoms with Crippen LogP contribution in [-0.4, -0.2) is 25.7 Å². The molecule has 1 aliphatic rings. The molecule has 2 heteroatoms. The molecular weight excluding hydrogens is 287 g/mol.